The summed E-state index contributed by atoms with van der Waals surface area (Å²) in [6.45, 7) is 2.32. The lowest BCUT2D eigenvalue weighted by Crippen LogP contribution is -2.32. The van der Waals surface area contributed by atoms with Gasteiger partial charge < -0.3 is 15.3 Å². The van der Waals surface area contributed by atoms with Crippen LogP contribution in [0.4, 0.5) is 0 Å². The van der Waals surface area contributed by atoms with Crippen molar-refractivity contribution in [3.05, 3.63) is 35.4 Å². The van der Waals surface area contributed by atoms with Crippen LogP contribution in [0.5, 0.6) is 0 Å². The minimum atomic E-state index is -0.0549. The molecule has 0 spiro atoms. The van der Waals surface area contributed by atoms with E-state index in [1.165, 1.54) is 0 Å². The molecule has 2 aliphatic rings. The molecule has 1 aromatic rings. The lowest BCUT2D eigenvalue weighted by atomic mass is 9.82. The number of carbonyl (C=O) groups is 2. The first-order valence-electron chi connectivity index (χ1n) is 9.41. The predicted molar refractivity (Wildman–Crippen MR) is 96.0 cm³/mol. The van der Waals surface area contributed by atoms with Gasteiger partial charge in [0.15, 0.2) is 0 Å². The van der Waals surface area contributed by atoms with E-state index in [9.17, 15) is 14.7 Å². The van der Waals surface area contributed by atoms with Crippen LogP contribution < -0.4 is 5.32 Å². The number of aliphatic hydroxyl groups excluding tert-OH is 1. The van der Waals surface area contributed by atoms with Crippen molar-refractivity contribution in [3.63, 3.8) is 0 Å². The Labute approximate surface area is 149 Å². The maximum Gasteiger partial charge on any atom is 0.251 e. The van der Waals surface area contributed by atoms with Gasteiger partial charge in [0.1, 0.15) is 0 Å². The summed E-state index contributed by atoms with van der Waals surface area (Å²) in [6.07, 6.45) is 5.90. The van der Waals surface area contributed by atoms with Crippen LogP contribution in [-0.2, 0) is 11.3 Å². The lowest BCUT2D eigenvalue weighted by Gasteiger charge is -2.28. The molecule has 1 aromatic carbocycles. The number of benzene rings is 1. The highest BCUT2D eigenvalue weighted by Crippen LogP contribution is 2.28. The normalized spacial score (nSPS) is 23.7. The van der Waals surface area contributed by atoms with E-state index in [1.54, 1.807) is 0 Å². The second kappa shape index (κ2) is 8.48. The van der Waals surface area contributed by atoms with Gasteiger partial charge in [-0.05, 0) is 55.2 Å². The van der Waals surface area contributed by atoms with Crippen LogP contribution in [0.3, 0.4) is 0 Å². The Morgan fingerprint density at radius 3 is 2.84 bits per heavy atom. The van der Waals surface area contributed by atoms with Crippen molar-refractivity contribution in [3.8, 4) is 0 Å². The third-order valence-corrected chi connectivity index (χ3v) is 5.43. The fourth-order valence-electron chi connectivity index (χ4n) is 4.00. The Hall–Kier alpha value is -1.88. The monoisotopic (exact) mass is 344 g/mol. The summed E-state index contributed by atoms with van der Waals surface area (Å²) >= 11 is 0. The zero-order chi connectivity index (χ0) is 17.6. The van der Waals surface area contributed by atoms with Crippen LogP contribution >= 0.6 is 0 Å². The number of aliphatic hydroxyl groups is 1. The molecule has 0 radical (unpaired) electrons. The highest BCUT2D eigenvalue weighted by molar-refractivity contribution is 5.94. The zero-order valence-electron chi connectivity index (χ0n) is 14.7. The molecule has 25 heavy (non-hydrogen) atoms. The number of hydrogen-bond donors (Lipinski definition) is 2. The highest BCUT2D eigenvalue weighted by Gasteiger charge is 2.22. The summed E-state index contributed by atoms with van der Waals surface area (Å²) in [5.74, 6) is 0.989. The molecule has 2 fully saturated rings. The first kappa shape index (κ1) is 17.9. The van der Waals surface area contributed by atoms with Crippen LogP contribution in [0.15, 0.2) is 24.3 Å². The van der Waals surface area contributed by atoms with Gasteiger partial charge in [0, 0.05) is 38.2 Å². The summed E-state index contributed by atoms with van der Waals surface area (Å²) in [7, 11) is 0. The molecule has 1 heterocycles. The number of rotatable bonds is 6. The maximum absolute atomic E-state index is 12.5. The lowest BCUT2D eigenvalue weighted by molar-refractivity contribution is -0.128. The predicted octanol–water partition coefficient (Wildman–Crippen LogP) is 2.34. The van der Waals surface area contributed by atoms with Crippen molar-refractivity contribution < 1.29 is 14.7 Å². The summed E-state index contributed by atoms with van der Waals surface area (Å²) in [4.78, 5) is 26.1. The Balaban J connectivity index is 1.53. The van der Waals surface area contributed by atoms with E-state index in [2.05, 4.69) is 5.32 Å². The molecule has 3 rings (SSSR count). The molecule has 0 bridgehead atoms. The molecule has 1 aliphatic carbocycles. The topological polar surface area (TPSA) is 69.6 Å². The Morgan fingerprint density at radius 1 is 1.24 bits per heavy atom. The third-order valence-electron chi connectivity index (χ3n) is 5.43. The van der Waals surface area contributed by atoms with Gasteiger partial charge in [-0.25, -0.2) is 0 Å². The molecule has 1 aliphatic heterocycles. The van der Waals surface area contributed by atoms with Crippen molar-refractivity contribution in [2.45, 2.75) is 45.1 Å². The molecule has 5 nitrogen and oxygen atoms in total. The molecule has 1 saturated heterocycles. The summed E-state index contributed by atoms with van der Waals surface area (Å²) in [5, 5.41) is 12.4. The molecular formula is C20H28N2O3. The molecular weight excluding hydrogens is 316 g/mol. The number of amides is 2. The minimum absolute atomic E-state index is 0.0549. The molecule has 2 amide bonds. The van der Waals surface area contributed by atoms with E-state index < -0.39 is 0 Å². The first-order valence-corrected chi connectivity index (χ1v) is 9.41. The number of likely N-dealkylation sites (tertiary alicyclic amines) is 1. The summed E-state index contributed by atoms with van der Waals surface area (Å²) < 4.78 is 0. The molecule has 136 valence electrons. The quantitative estimate of drug-likeness (QED) is 0.832. The van der Waals surface area contributed by atoms with E-state index in [1.807, 2.05) is 29.2 Å². The van der Waals surface area contributed by atoms with Crippen molar-refractivity contribution in [1.82, 2.24) is 10.2 Å². The van der Waals surface area contributed by atoms with Crippen LogP contribution in [-0.4, -0.2) is 41.5 Å². The van der Waals surface area contributed by atoms with Gasteiger partial charge in [0.2, 0.25) is 5.91 Å². The zero-order valence-corrected chi connectivity index (χ0v) is 14.7. The van der Waals surface area contributed by atoms with Crippen molar-refractivity contribution in [2.75, 3.05) is 19.7 Å². The fourth-order valence-corrected chi connectivity index (χ4v) is 4.00. The van der Waals surface area contributed by atoms with Crippen LogP contribution in [0, 0.1) is 11.8 Å². The van der Waals surface area contributed by atoms with E-state index in [4.69, 9.17) is 0 Å². The number of nitrogens with one attached hydrogen (secondary N) is 1. The molecule has 0 aromatic heterocycles. The van der Waals surface area contributed by atoms with E-state index in [-0.39, 0.29) is 18.4 Å². The second-order valence-electron chi connectivity index (χ2n) is 7.41. The van der Waals surface area contributed by atoms with Gasteiger partial charge in [-0.3, -0.25) is 9.59 Å². The molecule has 2 atom stereocenters. The third kappa shape index (κ3) is 4.82. The molecule has 2 N–H and O–H groups in total. The standard InChI is InChI=1S/C20H28N2O3/c23-14-17-6-1-4-15(10-17)12-21-20(25)18-7-2-5-16(11-18)13-22-9-3-8-19(22)24/h2,5,7,11,15,17,23H,1,3-4,6,8-10,12-14H2,(H,21,25)/t15-,17+/m0/s1. The van der Waals surface area contributed by atoms with Crippen molar-refractivity contribution >= 4 is 11.8 Å². The van der Waals surface area contributed by atoms with Gasteiger partial charge in [-0.1, -0.05) is 18.6 Å². The Bertz CT molecular complexity index is 617. The fraction of sp³-hybridized carbons (Fsp3) is 0.600. The first-order chi connectivity index (χ1) is 12.2. The van der Waals surface area contributed by atoms with Gasteiger partial charge in [0.05, 0.1) is 0 Å². The van der Waals surface area contributed by atoms with Gasteiger partial charge >= 0.3 is 0 Å². The average molecular weight is 344 g/mol. The van der Waals surface area contributed by atoms with Gasteiger partial charge in [-0.2, -0.15) is 0 Å². The van der Waals surface area contributed by atoms with Gasteiger partial charge in [0.25, 0.3) is 5.91 Å². The Morgan fingerprint density at radius 2 is 2.08 bits per heavy atom. The smallest absolute Gasteiger partial charge is 0.251 e. The number of hydrogen-bond acceptors (Lipinski definition) is 3. The van der Waals surface area contributed by atoms with E-state index in [0.717, 1.165) is 44.2 Å². The van der Waals surface area contributed by atoms with Crippen LogP contribution in [0.1, 0.15) is 54.4 Å². The van der Waals surface area contributed by atoms with Crippen LogP contribution in [0.25, 0.3) is 0 Å². The number of carbonyl (C=O) groups excluding carboxylic acids is 2. The van der Waals surface area contributed by atoms with Gasteiger partial charge in [-0.15, -0.1) is 0 Å². The summed E-state index contributed by atoms with van der Waals surface area (Å²) in [5.41, 5.74) is 1.65. The molecule has 5 heteroatoms. The second-order valence-corrected chi connectivity index (χ2v) is 7.41. The molecule has 1 saturated carbocycles. The maximum atomic E-state index is 12.5. The van der Waals surface area contributed by atoms with E-state index >= 15 is 0 Å². The molecule has 0 unspecified atom stereocenters. The SMILES string of the molecule is O=C(NC[C@H]1CCC[C@@H](CO)C1)c1cccc(CN2CCCC2=O)c1. The average Bonchev–Trinajstić information content (AvgIpc) is 3.05. The summed E-state index contributed by atoms with van der Waals surface area (Å²) in [6, 6.07) is 7.56. The van der Waals surface area contributed by atoms with E-state index in [0.29, 0.717) is 36.9 Å². The van der Waals surface area contributed by atoms with Crippen LogP contribution in [0.2, 0.25) is 0 Å². The van der Waals surface area contributed by atoms with Crippen molar-refractivity contribution in [2.24, 2.45) is 11.8 Å². The number of nitrogens with zero attached hydrogens (tertiary/aromatic N) is 1. The van der Waals surface area contributed by atoms with Crippen molar-refractivity contribution in [1.29, 1.82) is 0 Å². The highest BCUT2D eigenvalue weighted by atomic mass is 16.3. The Kier molecular flexibility index (Phi) is 6.08. The minimum Gasteiger partial charge on any atom is -0.396 e. The largest absolute Gasteiger partial charge is 0.396 e.